The summed E-state index contributed by atoms with van der Waals surface area (Å²) in [6, 6.07) is 2.66. The van der Waals surface area contributed by atoms with Crippen LogP contribution in [0.3, 0.4) is 0 Å². The maximum absolute atomic E-state index is 13.1. The van der Waals surface area contributed by atoms with E-state index in [4.69, 9.17) is 17.3 Å². The first-order valence-corrected chi connectivity index (χ1v) is 4.91. The molecule has 1 unspecified atom stereocenters. The Morgan fingerprint density at radius 3 is 2.93 bits per heavy atom. The average molecular weight is 226 g/mol. The molecule has 78 valence electrons. The summed E-state index contributed by atoms with van der Waals surface area (Å²) in [6.45, 7) is 0. The Hall–Kier alpha value is -1.35. The number of carbonyl (C=O) groups is 1. The van der Waals surface area contributed by atoms with E-state index < -0.39 is 11.7 Å². The zero-order valence-electron chi connectivity index (χ0n) is 7.84. The second-order valence-corrected chi connectivity index (χ2v) is 3.93. The van der Waals surface area contributed by atoms with E-state index in [0.717, 1.165) is 11.1 Å². The maximum atomic E-state index is 13.1. The highest BCUT2D eigenvalue weighted by atomic mass is 35.5. The number of halogens is 2. The second-order valence-electron chi connectivity index (χ2n) is 3.53. The number of nitrogens with two attached hydrogens (primary N) is 1. The third-order valence-electron chi connectivity index (χ3n) is 2.44. The molecule has 2 nitrogen and oxygen atoms in total. The molecule has 1 aromatic carbocycles. The molecule has 15 heavy (non-hydrogen) atoms. The molecule has 1 atom stereocenters. The van der Waals surface area contributed by atoms with Gasteiger partial charge in [0.15, 0.2) is 0 Å². The summed E-state index contributed by atoms with van der Waals surface area (Å²) in [5.74, 6) is -0.944. The van der Waals surface area contributed by atoms with Crippen LogP contribution in [0.1, 0.15) is 23.5 Å². The van der Waals surface area contributed by atoms with Gasteiger partial charge in [0.25, 0.3) is 0 Å². The Balaban J connectivity index is 2.41. The molecule has 0 heterocycles. The first-order valence-electron chi connectivity index (χ1n) is 4.53. The van der Waals surface area contributed by atoms with Crippen molar-refractivity contribution in [2.75, 3.05) is 0 Å². The van der Waals surface area contributed by atoms with Gasteiger partial charge in [-0.2, -0.15) is 0 Å². The molecule has 1 aliphatic carbocycles. The number of allylic oxidation sites excluding steroid dienone is 1. The minimum atomic E-state index is -0.405. The van der Waals surface area contributed by atoms with E-state index in [1.165, 1.54) is 12.1 Å². The van der Waals surface area contributed by atoms with Crippen LogP contribution in [-0.4, -0.2) is 5.91 Å². The monoisotopic (exact) mass is 225 g/mol. The molecular formula is C11H9ClFNO. The van der Waals surface area contributed by atoms with Crippen LogP contribution in [0.15, 0.2) is 18.2 Å². The molecular weight excluding hydrogens is 217 g/mol. The Morgan fingerprint density at radius 2 is 2.27 bits per heavy atom. The minimum Gasteiger partial charge on any atom is -0.370 e. The molecule has 1 aliphatic rings. The van der Waals surface area contributed by atoms with Gasteiger partial charge >= 0.3 is 0 Å². The van der Waals surface area contributed by atoms with Crippen molar-refractivity contribution < 1.29 is 9.18 Å². The lowest BCUT2D eigenvalue weighted by Gasteiger charge is -2.09. The van der Waals surface area contributed by atoms with Gasteiger partial charge in [-0.05, 0) is 23.3 Å². The topological polar surface area (TPSA) is 43.1 Å². The normalized spacial score (nSPS) is 17.9. The van der Waals surface area contributed by atoms with E-state index in [1.54, 1.807) is 6.08 Å². The third-order valence-corrected chi connectivity index (χ3v) is 2.75. The van der Waals surface area contributed by atoms with Crippen LogP contribution >= 0.6 is 11.6 Å². The van der Waals surface area contributed by atoms with Crippen molar-refractivity contribution in [3.63, 3.8) is 0 Å². The molecule has 0 fully saturated rings. The van der Waals surface area contributed by atoms with Crippen LogP contribution in [0.5, 0.6) is 0 Å². The Labute approximate surface area is 91.5 Å². The molecule has 0 aromatic heterocycles. The molecule has 1 aromatic rings. The predicted octanol–water partition coefficient (Wildman–Crippen LogP) is 2.46. The van der Waals surface area contributed by atoms with Crippen LogP contribution < -0.4 is 5.73 Å². The summed E-state index contributed by atoms with van der Waals surface area (Å²) < 4.78 is 13.1. The average Bonchev–Trinajstić information content (AvgIpc) is 2.48. The number of rotatable bonds is 2. The van der Waals surface area contributed by atoms with Gasteiger partial charge in [-0.25, -0.2) is 4.39 Å². The van der Waals surface area contributed by atoms with E-state index in [-0.39, 0.29) is 12.3 Å². The number of hydrogen-bond acceptors (Lipinski definition) is 1. The zero-order valence-corrected chi connectivity index (χ0v) is 8.59. The fourth-order valence-corrected chi connectivity index (χ4v) is 2.07. The fourth-order valence-electron chi connectivity index (χ4n) is 1.80. The number of primary amides is 1. The van der Waals surface area contributed by atoms with Gasteiger partial charge in [-0.1, -0.05) is 23.8 Å². The molecule has 0 spiro atoms. The molecule has 0 radical (unpaired) electrons. The quantitative estimate of drug-likeness (QED) is 0.826. The fraction of sp³-hybridized carbons (Fsp3) is 0.182. The van der Waals surface area contributed by atoms with E-state index in [9.17, 15) is 9.18 Å². The van der Waals surface area contributed by atoms with Crippen molar-refractivity contribution in [1.82, 2.24) is 0 Å². The van der Waals surface area contributed by atoms with Crippen LogP contribution in [0.4, 0.5) is 4.39 Å². The Morgan fingerprint density at radius 1 is 1.53 bits per heavy atom. The van der Waals surface area contributed by atoms with Crippen LogP contribution in [0.2, 0.25) is 5.02 Å². The second kappa shape index (κ2) is 3.66. The van der Waals surface area contributed by atoms with E-state index >= 15 is 0 Å². The first-order chi connectivity index (χ1) is 7.08. The summed E-state index contributed by atoms with van der Waals surface area (Å²) in [5.41, 5.74) is 6.62. The highest BCUT2D eigenvalue weighted by molar-refractivity contribution is 6.32. The van der Waals surface area contributed by atoms with Gasteiger partial charge in [-0.15, -0.1) is 0 Å². The molecule has 0 aliphatic heterocycles. The summed E-state index contributed by atoms with van der Waals surface area (Å²) in [7, 11) is 0. The molecule has 2 rings (SSSR count). The van der Waals surface area contributed by atoms with E-state index in [2.05, 4.69) is 0 Å². The first kappa shape index (κ1) is 10.2. The largest absolute Gasteiger partial charge is 0.370 e. The third kappa shape index (κ3) is 1.88. The Kier molecular flexibility index (Phi) is 2.49. The molecule has 0 bridgehead atoms. The van der Waals surface area contributed by atoms with Crippen molar-refractivity contribution in [3.05, 3.63) is 40.2 Å². The number of fused-ring (bicyclic) bond motifs is 1. The number of amides is 1. The van der Waals surface area contributed by atoms with E-state index in [1.807, 2.05) is 6.08 Å². The van der Waals surface area contributed by atoms with Gasteiger partial charge < -0.3 is 5.73 Å². The summed E-state index contributed by atoms with van der Waals surface area (Å²) >= 11 is 5.87. The summed E-state index contributed by atoms with van der Waals surface area (Å²) in [6.07, 6.45) is 3.80. The van der Waals surface area contributed by atoms with E-state index in [0.29, 0.717) is 5.02 Å². The molecule has 0 saturated heterocycles. The molecule has 1 amide bonds. The van der Waals surface area contributed by atoms with Crippen molar-refractivity contribution in [3.8, 4) is 0 Å². The summed E-state index contributed by atoms with van der Waals surface area (Å²) in [5, 5.41) is 0.369. The van der Waals surface area contributed by atoms with Crippen molar-refractivity contribution in [2.45, 2.75) is 12.3 Å². The van der Waals surface area contributed by atoms with Crippen molar-refractivity contribution in [2.24, 2.45) is 5.73 Å². The SMILES string of the molecule is NC(=O)CC1C=Cc2c(Cl)cc(F)cc21. The lowest BCUT2D eigenvalue weighted by molar-refractivity contribution is -0.118. The maximum Gasteiger partial charge on any atom is 0.218 e. The number of benzene rings is 1. The van der Waals surface area contributed by atoms with Gasteiger partial charge in [0, 0.05) is 12.3 Å². The molecule has 0 saturated carbocycles. The van der Waals surface area contributed by atoms with Crippen LogP contribution in [-0.2, 0) is 4.79 Å². The number of carbonyl (C=O) groups excluding carboxylic acids is 1. The van der Waals surface area contributed by atoms with Crippen molar-refractivity contribution in [1.29, 1.82) is 0 Å². The molecule has 2 N–H and O–H groups in total. The van der Waals surface area contributed by atoms with Gasteiger partial charge in [-0.3, -0.25) is 4.79 Å². The van der Waals surface area contributed by atoms with Crippen LogP contribution in [0.25, 0.3) is 6.08 Å². The highest BCUT2D eigenvalue weighted by Crippen LogP contribution is 2.36. The standard InChI is InChI=1S/C11H9ClFNO/c12-10-5-7(13)4-9-6(3-11(14)15)1-2-8(9)10/h1-2,4-6H,3H2,(H2,14,15). The minimum absolute atomic E-state index is 0.148. The van der Waals surface area contributed by atoms with Gasteiger partial charge in [0.1, 0.15) is 5.82 Å². The zero-order chi connectivity index (χ0) is 11.0. The molecule has 4 heteroatoms. The lowest BCUT2D eigenvalue weighted by Crippen LogP contribution is -2.13. The Bertz CT molecular complexity index is 456. The van der Waals surface area contributed by atoms with Gasteiger partial charge in [0.05, 0.1) is 5.02 Å². The van der Waals surface area contributed by atoms with Gasteiger partial charge in [0.2, 0.25) is 5.91 Å². The van der Waals surface area contributed by atoms with Crippen molar-refractivity contribution >= 4 is 23.6 Å². The smallest absolute Gasteiger partial charge is 0.218 e. The summed E-state index contributed by atoms with van der Waals surface area (Å²) in [4.78, 5) is 10.8. The predicted molar refractivity (Wildman–Crippen MR) is 57.0 cm³/mol. The lowest BCUT2D eigenvalue weighted by atomic mass is 9.97. The van der Waals surface area contributed by atoms with Crippen LogP contribution in [0, 0.1) is 5.82 Å². The highest BCUT2D eigenvalue weighted by Gasteiger charge is 2.21. The number of hydrogen-bond donors (Lipinski definition) is 1.